The molecule has 0 aromatic carbocycles. The van der Waals surface area contributed by atoms with Crippen LogP contribution in [0, 0.1) is 5.92 Å². The SMILES string of the molecule is C[C@H]1Cn2ncc(N3CC(C(F)(F)F)CC3=O)c2CN1C(=O)Nc1ccnc(Cl)c1. The summed E-state index contributed by atoms with van der Waals surface area (Å²) in [7, 11) is 0. The Labute approximate surface area is 174 Å². The summed E-state index contributed by atoms with van der Waals surface area (Å²) < 4.78 is 40.8. The number of aromatic nitrogens is 3. The molecule has 1 unspecified atom stereocenters. The first-order chi connectivity index (χ1) is 14.1. The van der Waals surface area contributed by atoms with Crippen molar-refractivity contribution < 1.29 is 22.8 Å². The molecule has 2 aromatic rings. The lowest BCUT2D eigenvalue weighted by Crippen LogP contribution is -2.47. The molecule has 0 aliphatic carbocycles. The number of fused-ring (bicyclic) bond motifs is 1. The number of hydrogen-bond donors (Lipinski definition) is 1. The first-order valence-electron chi connectivity index (χ1n) is 9.24. The fourth-order valence-electron chi connectivity index (χ4n) is 3.72. The van der Waals surface area contributed by atoms with Gasteiger partial charge in [-0.1, -0.05) is 11.6 Å². The largest absolute Gasteiger partial charge is 0.394 e. The summed E-state index contributed by atoms with van der Waals surface area (Å²) in [6, 6.07) is 2.47. The van der Waals surface area contributed by atoms with E-state index < -0.39 is 37.0 Å². The van der Waals surface area contributed by atoms with Crippen LogP contribution in [0.15, 0.2) is 24.5 Å². The zero-order chi connectivity index (χ0) is 21.6. The lowest BCUT2D eigenvalue weighted by atomic mass is 10.1. The Morgan fingerprint density at radius 1 is 1.33 bits per heavy atom. The van der Waals surface area contributed by atoms with E-state index in [1.54, 1.807) is 10.7 Å². The topological polar surface area (TPSA) is 83.4 Å². The molecular weight excluding hydrogens is 425 g/mol. The fraction of sp³-hybridized carbons (Fsp3) is 0.444. The molecule has 2 aliphatic rings. The Balaban J connectivity index is 1.55. The van der Waals surface area contributed by atoms with E-state index in [9.17, 15) is 22.8 Å². The lowest BCUT2D eigenvalue weighted by molar-refractivity contribution is -0.169. The van der Waals surface area contributed by atoms with Gasteiger partial charge in [-0.3, -0.25) is 9.48 Å². The second-order valence-electron chi connectivity index (χ2n) is 7.38. The van der Waals surface area contributed by atoms with Gasteiger partial charge in [-0.05, 0) is 19.1 Å². The van der Waals surface area contributed by atoms with Crippen LogP contribution in [0.1, 0.15) is 19.0 Å². The molecule has 2 aromatic heterocycles. The van der Waals surface area contributed by atoms with Crippen molar-refractivity contribution in [3.63, 3.8) is 0 Å². The van der Waals surface area contributed by atoms with Gasteiger partial charge in [0, 0.05) is 24.8 Å². The number of nitrogens with zero attached hydrogens (tertiary/aromatic N) is 5. The summed E-state index contributed by atoms with van der Waals surface area (Å²) >= 11 is 5.84. The molecule has 3 amide bonds. The van der Waals surface area contributed by atoms with Gasteiger partial charge in [0.25, 0.3) is 0 Å². The molecule has 2 atom stereocenters. The maximum absolute atomic E-state index is 13.1. The Morgan fingerprint density at radius 2 is 2.10 bits per heavy atom. The zero-order valence-electron chi connectivity index (χ0n) is 15.9. The number of pyridine rings is 1. The molecule has 0 spiro atoms. The van der Waals surface area contributed by atoms with Gasteiger partial charge in [0.15, 0.2) is 0 Å². The Kier molecular flexibility index (Phi) is 5.08. The van der Waals surface area contributed by atoms with Crippen molar-refractivity contribution in [1.29, 1.82) is 0 Å². The quantitative estimate of drug-likeness (QED) is 0.723. The normalized spacial score (nSPS) is 21.7. The van der Waals surface area contributed by atoms with Crippen LogP contribution in [0.5, 0.6) is 0 Å². The smallest absolute Gasteiger partial charge is 0.314 e. The predicted octanol–water partition coefficient (Wildman–Crippen LogP) is 3.28. The number of rotatable bonds is 2. The maximum Gasteiger partial charge on any atom is 0.394 e. The van der Waals surface area contributed by atoms with Crippen molar-refractivity contribution in [2.75, 3.05) is 16.8 Å². The van der Waals surface area contributed by atoms with Gasteiger partial charge in [0.05, 0.1) is 42.6 Å². The molecule has 12 heteroatoms. The second kappa shape index (κ2) is 7.46. The molecule has 0 radical (unpaired) electrons. The van der Waals surface area contributed by atoms with Crippen molar-refractivity contribution in [2.45, 2.75) is 38.7 Å². The number of carbonyl (C=O) groups is 2. The summed E-state index contributed by atoms with van der Waals surface area (Å²) in [5.74, 6) is -2.31. The number of amides is 3. The molecule has 8 nitrogen and oxygen atoms in total. The third-order valence-corrected chi connectivity index (χ3v) is 5.54. The monoisotopic (exact) mass is 442 g/mol. The predicted molar refractivity (Wildman–Crippen MR) is 102 cm³/mol. The van der Waals surface area contributed by atoms with E-state index in [-0.39, 0.29) is 17.7 Å². The van der Waals surface area contributed by atoms with Gasteiger partial charge < -0.3 is 15.1 Å². The van der Waals surface area contributed by atoms with Crippen LogP contribution in [0.25, 0.3) is 0 Å². The lowest BCUT2D eigenvalue weighted by Gasteiger charge is -2.35. The highest BCUT2D eigenvalue weighted by Crippen LogP contribution is 2.38. The minimum Gasteiger partial charge on any atom is -0.314 e. The molecule has 2 aliphatic heterocycles. The number of alkyl halides is 3. The molecule has 0 bridgehead atoms. The average molecular weight is 443 g/mol. The highest BCUT2D eigenvalue weighted by atomic mass is 35.5. The van der Waals surface area contributed by atoms with Crippen LogP contribution in [-0.2, 0) is 17.9 Å². The first-order valence-corrected chi connectivity index (χ1v) is 9.62. The van der Waals surface area contributed by atoms with E-state index in [0.717, 1.165) is 4.90 Å². The van der Waals surface area contributed by atoms with Crippen LogP contribution >= 0.6 is 11.6 Å². The molecule has 1 N–H and O–H groups in total. The van der Waals surface area contributed by atoms with Crippen LogP contribution in [0.3, 0.4) is 0 Å². The Hall–Kier alpha value is -2.82. The van der Waals surface area contributed by atoms with Crippen molar-refractivity contribution in [2.24, 2.45) is 5.92 Å². The minimum absolute atomic E-state index is 0.0988. The van der Waals surface area contributed by atoms with Crippen molar-refractivity contribution in [3.8, 4) is 0 Å². The molecule has 4 rings (SSSR count). The van der Waals surface area contributed by atoms with Gasteiger partial charge in [-0.25, -0.2) is 9.78 Å². The van der Waals surface area contributed by atoms with E-state index in [4.69, 9.17) is 11.6 Å². The van der Waals surface area contributed by atoms with Crippen LogP contribution in [-0.4, -0.2) is 50.4 Å². The third kappa shape index (κ3) is 3.81. The fourth-order valence-corrected chi connectivity index (χ4v) is 3.89. The van der Waals surface area contributed by atoms with Crippen LogP contribution < -0.4 is 10.2 Å². The van der Waals surface area contributed by atoms with Gasteiger partial charge in [-0.15, -0.1) is 0 Å². The van der Waals surface area contributed by atoms with Crippen LogP contribution in [0.2, 0.25) is 5.15 Å². The van der Waals surface area contributed by atoms with E-state index in [0.29, 0.717) is 23.6 Å². The second-order valence-corrected chi connectivity index (χ2v) is 7.77. The van der Waals surface area contributed by atoms with E-state index in [1.165, 1.54) is 23.4 Å². The van der Waals surface area contributed by atoms with Gasteiger partial charge in [-0.2, -0.15) is 18.3 Å². The number of halogens is 4. The summed E-state index contributed by atoms with van der Waals surface area (Å²) in [4.78, 5) is 31.5. The van der Waals surface area contributed by atoms with Gasteiger partial charge >= 0.3 is 12.2 Å². The molecule has 30 heavy (non-hydrogen) atoms. The molecule has 4 heterocycles. The van der Waals surface area contributed by atoms with Crippen molar-refractivity contribution in [3.05, 3.63) is 35.4 Å². The van der Waals surface area contributed by atoms with Crippen molar-refractivity contribution in [1.82, 2.24) is 19.7 Å². The minimum atomic E-state index is -4.44. The summed E-state index contributed by atoms with van der Waals surface area (Å²) in [5, 5.41) is 7.18. The van der Waals surface area contributed by atoms with Crippen LogP contribution in [0.4, 0.5) is 29.3 Å². The first kappa shape index (κ1) is 20.5. The van der Waals surface area contributed by atoms with E-state index >= 15 is 0 Å². The van der Waals surface area contributed by atoms with E-state index in [2.05, 4.69) is 15.4 Å². The molecular formula is C18H18ClF3N6O2. The van der Waals surface area contributed by atoms with Crippen molar-refractivity contribution >= 4 is 34.9 Å². The summed E-state index contributed by atoms with van der Waals surface area (Å²) in [5.41, 5.74) is 1.30. The highest BCUT2D eigenvalue weighted by molar-refractivity contribution is 6.29. The maximum atomic E-state index is 13.1. The standard InChI is InChI=1S/C18H18ClF3N6O2/c1-10-7-28-14(9-26(10)17(30)25-12-2-3-23-15(19)5-12)13(6-24-28)27-8-11(4-16(27)29)18(20,21)22/h2-3,5-6,10-11H,4,7-9H2,1H3,(H,23,25,30)/t10-,11?/m0/s1. The zero-order valence-corrected chi connectivity index (χ0v) is 16.6. The summed E-state index contributed by atoms with van der Waals surface area (Å²) in [6.07, 6.45) is -2.18. The molecule has 1 fully saturated rings. The number of anilines is 2. The number of carbonyl (C=O) groups excluding carboxylic acids is 2. The van der Waals surface area contributed by atoms with E-state index in [1.807, 2.05) is 6.92 Å². The van der Waals surface area contributed by atoms with Gasteiger partial charge in [0.1, 0.15) is 5.15 Å². The number of urea groups is 1. The molecule has 1 saturated heterocycles. The number of nitrogens with one attached hydrogen (secondary N) is 1. The van der Waals surface area contributed by atoms with Gasteiger partial charge in [0.2, 0.25) is 5.91 Å². The Morgan fingerprint density at radius 3 is 2.77 bits per heavy atom. The molecule has 0 saturated carbocycles. The average Bonchev–Trinajstić information content (AvgIpc) is 3.23. The third-order valence-electron chi connectivity index (χ3n) is 5.33. The number of hydrogen-bond acceptors (Lipinski definition) is 4. The summed E-state index contributed by atoms with van der Waals surface area (Å²) in [6.45, 7) is 1.84. The highest BCUT2D eigenvalue weighted by Gasteiger charge is 2.48. The Bertz CT molecular complexity index is 995. The molecule has 160 valence electrons.